The number of nitrogens with one attached hydrogen (secondary N) is 1. The number of halogens is 1. The molecule has 6 nitrogen and oxygen atoms in total. The van der Waals surface area contributed by atoms with Crippen LogP contribution in [-0.4, -0.2) is 42.4 Å². The van der Waals surface area contributed by atoms with E-state index >= 15 is 0 Å². The molecule has 0 saturated carbocycles. The minimum absolute atomic E-state index is 0.140. The second-order valence-electron chi connectivity index (χ2n) is 5.38. The summed E-state index contributed by atoms with van der Waals surface area (Å²) in [4.78, 5) is 30.2. The molecule has 1 N–H and O–H groups in total. The normalized spacial score (nSPS) is 10.4. The molecule has 0 radical (unpaired) electrons. The minimum Gasteiger partial charge on any atom is -0.483 e. The fourth-order valence-corrected chi connectivity index (χ4v) is 3.16. The third-order valence-electron chi connectivity index (χ3n) is 3.14. The first-order valence-corrected chi connectivity index (χ1v) is 8.35. The highest BCUT2D eigenvalue weighted by Gasteiger charge is 2.18. The average Bonchev–Trinajstić information content (AvgIpc) is 2.85. The molecular weight excluding hydrogens is 350 g/mol. The Bertz CT molecular complexity index is 774. The summed E-state index contributed by atoms with van der Waals surface area (Å²) in [6.07, 6.45) is 0. The summed E-state index contributed by atoms with van der Waals surface area (Å²) < 4.78 is 5.48. The lowest BCUT2D eigenvalue weighted by atomic mass is 10.2. The van der Waals surface area contributed by atoms with E-state index in [2.05, 4.69) is 10.3 Å². The van der Waals surface area contributed by atoms with E-state index in [1.165, 1.54) is 4.90 Å². The molecule has 0 spiro atoms. The highest BCUT2D eigenvalue weighted by Crippen LogP contribution is 2.24. The summed E-state index contributed by atoms with van der Waals surface area (Å²) in [5.74, 6) is 0.105. The maximum atomic E-state index is 12.0. The quantitative estimate of drug-likeness (QED) is 0.881. The molecule has 2 amide bonds. The summed E-state index contributed by atoms with van der Waals surface area (Å²) >= 11 is 7.02. The van der Waals surface area contributed by atoms with Gasteiger partial charge in [0, 0.05) is 19.1 Å². The molecule has 2 rings (SSSR count). The van der Waals surface area contributed by atoms with Crippen LogP contribution in [0.15, 0.2) is 18.2 Å². The number of ether oxygens (including phenoxy) is 1. The van der Waals surface area contributed by atoms with Crippen LogP contribution >= 0.6 is 22.9 Å². The van der Waals surface area contributed by atoms with Crippen LogP contribution in [-0.2, 0) is 4.79 Å². The van der Waals surface area contributed by atoms with Crippen molar-refractivity contribution in [1.29, 1.82) is 0 Å². The fraction of sp³-hybridized carbons (Fsp3) is 0.312. The number of carbonyl (C=O) groups is 2. The van der Waals surface area contributed by atoms with Crippen LogP contribution in [0.2, 0.25) is 5.02 Å². The summed E-state index contributed by atoms with van der Waals surface area (Å²) in [6, 6.07) is 5.18. The number of nitrogens with zero attached hydrogens (tertiary/aromatic N) is 2. The fourth-order valence-electron chi connectivity index (χ4n) is 1.92. The summed E-state index contributed by atoms with van der Waals surface area (Å²) in [5.41, 5.74) is 1.43. The highest BCUT2D eigenvalue weighted by atomic mass is 35.5. The number of benzene rings is 1. The van der Waals surface area contributed by atoms with Crippen molar-refractivity contribution in [2.24, 2.45) is 0 Å². The number of carbonyl (C=O) groups excluding carboxylic acids is 2. The van der Waals surface area contributed by atoms with E-state index in [4.69, 9.17) is 16.3 Å². The van der Waals surface area contributed by atoms with Gasteiger partial charge < -0.3 is 9.64 Å². The average molecular weight is 368 g/mol. The van der Waals surface area contributed by atoms with E-state index in [0.717, 1.165) is 16.9 Å². The van der Waals surface area contributed by atoms with Crippen LogP contribution in [0, 0.1) is 13.8 Å². The Morgan fingerprint density at radius 2 is 2.04 bits per heavy atom. The van der Waals surface area contributed by atoms with Crippen molar-refractivity contribution >= 4 is 39.9 Å². The molecule has 0 fully saturated rings. The van der Waals surface area contributed by atoms with Gasteiger partial charge in [-0.25, -0.2) is 4.98 Å². The van der Waals surface area contributed by atoms with Gasteiger partial charge in [-0.05, 0) is 37.6 Å². The van der Waals surface area contributed by atoms with E-state index < -0.39 is 0 Å². The van der Waals surface area contributed by atoms with E-state index in [1.807, 2.05) is 6.92 Å². The summed E-state index contributed by atoms with van der Waals surface area (Å²) in [7, 11) is 3.34. The Morgan fingerprint density at radius 3 is 2.67 bits per heavy atom. The van der Waals surface area contributed by atoms with Crippen molar-refractivity contribution in [3.63, 3.8) is 0 Å². The van der Waals surface area contributed by atoms with Gasteiger partial charge in [-0.2, -0.15) is 0 Å². The molecule has 0 saturated heterocycles. The van der Waals surface area contributed by atoms with Gasteiger partial charge >= 0.3 is 0 Å². The number of amides is 2. The van der Waals surface area contributed by atoms with Crippen molar-refractivity contribution in [2.75, 3.05) is 26.0 Å². The highest BCUT2D eigenvalue weighted by molar-refractivity contribution is 7.17. The van der Waals surface area contributed by atoms with Crippen molar-refractivity contribution in [3.8, 4) is 5.75 Å². The lowest BCUT2D eigenvalue weighted by Gasteiger charge is -2.09. The van der Waals surface area contributed by atoms with Crippen LogP contribution < -0.4 is 10.1 Å². The van der Waals surface area contributed by atoms with Gasteiger partial charge in [-0.15, -0.1) is 0 Å². The number of anilines is 1. The maximum Gasteiger partial charge on any atom is 0.265 e. The van der Waals surface area contributed by atoms with Gasteiger partial charge in [0.2, 0.25) is 0 Å². The monoisotopic (exact) mass is 367 g/mol. The molecule has 1 heterocycles. The lowest BCUT2D eigenvalue weighted by Crippen LogP contribution is -2.21. The molecule has 1 aromatic heterocycles. The zero-order chi connectivity index (χ0) is 17.9. The van der Waals surface area contributed by atoms with Gasteiger partial charge in [0.25, 0.3) is 11.8 Å². The summed E-state index contributed by atoms with van der Waals surface area (Å²) in [6.45, 7) is 3.43. The third kappa shape index (κ3) is 4.46. The van der Waals surface area contributed by atoms with Gasteiger partial charge in [-0.1, -0.05) is 22.9 Å². The topological polar surface area (TPSA) is 71.5 Å². The Kier molecular flexibility index (Phi) is 5.80. The smallest absolute Gasteiger partial charge is 0.265 e. The standard InChI is InChI=1S/C16H18ClN3O3S/c1-9-7-11(17)5-6-12(9)23-8-13(21)19-16-18-10(2)14(24-16)15(22)20(3)4/h5-7H,8H2,1-4H3,(H,18,19,21). The Balaban J connectivity index is 1.97. The Labute approximate surface area is 149 Å². The number of rotatable bonds is 5. The predicted octanol–water partition coefficient (Wildman–Crippen LogP) is 3.13. The van der Waals surface area contributed by atoms with E-state index in [0.29, 0.717) is 26.5 Å². The first kappa shape index (κ1) is 18.2. The zero-order valence-corrected chi connectivity index (χ0v) is 15.4. The first-order chi connectivity index (χ1) is 11.3. The van der Waals surface area contributed by atoms with Crippen LogP contribution in [0.3, 0.4) is 0 Å². The molecule has 0 unspecified atom stereocenters. The molecule has 0 bridgehead atoms. The van der Waals surface area contributed by atoms with Gasteiger partial charge in [-0.3, -0.25) is 14.9 Å². The lowest BCUT2D eigenvalue weighted by molar-refractivity contribution is -0.118. The molecule has 1 aromatic carbocycles. The van der Waals surface area contributed by atoms with Crippen LogP contribution in [0.1, 0.15) is 20.9 Å². The van der Waals surface area contributed by atoms with E-state index in [1.54, 1.807) is 39.2 Å². The Morgan fingerprint density at radius 1 is 1.33 bits per heavy atom. The molecule has 2 aromatic rings. The van der Waals surface area contributed by atoms with Gasteiger partial charge in [0.05, 0.1) is 5.69 Å². The number of thiazole rings is 1. The van der Waals surface area contributed by atoms with Crippen molar-refractivity contribution in [2.45, 2.75) is 13.8 Å². The number of aryl methyl sites for hydroxylation is 2. The molecule has 0 aliphatic carbocycles. The largest absolute Gasteiger partial charge is 0.483 e. The van der Waals surface area contributed by atoms with Gasteiger partial charge in [0.15, 0.2) is 11.7 Å². The van der Waals surface area contributed by atoms with Crippen LogP contribution in [0.5, 0.6) is 5.75 Å². The maximum absolute atomic E-state index is 12.0. The molecule has 0 aliphatic rings. The third-order valence-corrected chi connectivity index (χ3v) is 4.44. The first-order valence-electron chi connectivity index (χ1n) is 7.16. The second-order valence-corrected chi connectivity index (χ2v) is 6.82. The molecule has 128 valence electrons. The SMILES string of the molecule is Cc1cc(Cl)ccc1OCC(=O)Nc1nc(C)c(C(=O)N(C)C)s1. The van der Waals surface area contributed by atoms with Crippen molar-refractivity contribution in [3.05, 3.63) is 39.4 Å². The molecule has 8 heteroatoms. The number of aromatic nitrogens is 1. The number of hydrogen-bond acceptors (Lipinski definition) is 5. The minimum atomic E-state index is -0.345. The zero-order valence-electron chi connectivity index (χ0n) is 13.8. The van der Waals surface area contributed by atoms with Crippen LogP contribution in [0.4, 0.5) is 5.13 Å². The molecule has 24 heavy (non-hydrogen) atoms. The second kappa shape index (κ2) is 7.63. The van der Waals surface area contributed by atoms with Crippen LogP contribution in [0.25, 0.3) is 0 Å². The Hall–Kier alpha value is -2.12. The van der Waals surface area contributed by atoms with Gasteiger partial charge in [0.1, 0.15) is 10.6 Å². The summed E-state index contributed by atoms with van der Waals surface area (Å²) in [5, 5.41) is 3.63. The van der Waals surface area contributed by atoms with Crippen molar-refractivity contribution in [1.82, 2.24) is 9.88 Å². The molecular formula is C16H18ClN3O3S. The van der Waals surface area contributed by atoms with Crippen molar-refractivity contribution < 1.29 is 14.3 Å². The van der Waals surface area contributed by atoms with E-state index in [9.17, 15) is 9.59 Å². The molecule has 0 atom stereocenters. The van der Waals surface area contributed by atoms with E-state index in [-0.39, 0.29) is 18.4 Å². The molecule has 0 aliphatic heterocycles. The predicted molar refractivity (Wildman–Crippen MR) is 95.2 cm³/mol. The number of hydrogen-bond donors (Lipinski definition) is 1.